The number of aromatic nitrogens is 1. The number of pyridine rings is 1. The molecule has 0 aliphatic carbocycles. The molecule has 1 aromatic heterocycles. The van der Waals surface area contributed by atoms with Crippen molar-refractivity contribution in [2.75, 3.05) is 5.32 Å². The zero-order chi connectivity index (χ0) is 27.2. The van der Waals surface area contributed by atoms with Gasteiger partial charge in [0.15, 0.2) is 12.1 Å². The van der Waals surface area contributed by atoms with Gasteiger partial charge in [0.1, 0.15) is 0 Å². The minimum atomic E-state index is -0.927. The predicted octanol–water partition coefficient (Wildman–Crippen LogP) is 5.02. The van der Waals surface area contributed by atoms with E-state index in [4.69, 9.17) is 4.74 Å². The molecule has 0 saturated carbocycles. The number of nitrogens with one attached hydrogen (secondary N) is 2. The Bertz CT molecular complexity index is 1480. The van der Waals surface area contributed by atoms with E-state index in [1.165, 1.54) is 4.90 Å². The Hall–Kier alpha value is -4.98. The van der Waals surface area contributed by atoms with Crippen molar-refractivity contribution in [2.45, 2.75) is 32.2 Å². The Labute approximate surface area is 226 Å². The van der Waals surface area contributed by atoms with Crippen molar-refractivity contribution in [2.24, 2.45) is 0 Å². The molecule has 2 N–H and O–H groups in total. The molecule has 2 heterocycles. The number of rotatable bonds is 8. The highest BCUT2D eigenvalue weighted by atomic mass is 16.6. The molecule has 0 spiro atoms. The minimum absolute atomic E-state index is 0.210. The lowest BCUT2D eigenvalue weighted by molar-refractivity contribution is -0.126. The van der Waals surface area contributed by atoms with Crippen LogP contribution >= 0.6 is 0 Å². The molecule has 1 saturated heterocycles. The molecule has 0 bridgehead atoms. The first kappa shape index (κ1) is 25.7. The molecule has 39 heavy (non-hydrogen) atoms. The highest BCUT2D eigenvalue weighted by Crippen LogP contribution is 2.35. The average molecular weight is 521 g/mol. The first-order chi connectivity index (χ1) is 19.0. The van der Waals surface area contributed by atoms with E-state index in [2.05, 4.69) is 15.6 Å². The molecule has 1 aliphatic rings. The zero-order valence-corrected chi connectivity index (χ0v) is 21.4. The van der Waals surface area contributed by atoms with E-state index in [9.17, 15) is 14.4 Å². The van der Waals surface area contributed by atoms with Crippen molar-refractivity contribution in [1.29, 1.82) is 0 Å². The monoisotopic (exact) mass is 520 g/mol. The molecule has 0 radical (unpaired) electrons. The first-order valence-electron chi connectivity index (χ1n) is 12.6. The molecular weight excluding hydrogens is 492 g/mol. The Kier molecular flexibility index (Phi) is 7.63. The zero-order valence-electron chi connectivity index (χ0n) is 21.4. The smallest absolute Gasteiger partial charge is 0.411 e. The van der Waals surface area contributed by atoms with Crippen molar-refractivity contribution < 1.29 is 19.1 Å². The molecule has 196 valence electrons. The van der Waals surface area contributed by atoms with Crippen LogP contribution in [0.4, 0.5) is 10.5 Å². The summed E-state index contributed by atoms with van der Waals surface area (Å²) in [6.07, 6.45) is 0.196. The van der Waals surface area contributed by atoms with Gasteiger partial charge in [0, 0.05) is 17.4 Å². The normalized spacial score (nSPS) is 16.4. The quantitative estimate of drug-likeness (QED) is 0.340. The summed E-state index contributed by atoms with van der Waals surface area (Å²) in [5.74, 6) is -0.615. The second-order valence-electron chi connectivity index (χ2n) is 9.35. The number of ether oxygens (including phenoxy) is 1. The van der Waals surface area contributed by atoms with E-state index in [1.54, 1.807) is 48.7 Å². The largest absolute Gasteiger partial charge is 0.438 e. The van der Waals surface area contributed by atoms with E-state index in [0.717, 1.165) is 11.1 Å². The molecule has 8 heteroatoms. The second-order valence-corrected chi connectivity index (χ2v) is 9.35. The van der Waals surface area contributed by atoms with Crippen LogP contribution < -0.4 is 10.6 Å². The van der Waals surface area contributed by atoms with Crippen LogP contribution in [0.15, 0.2) is 103 Å². The molecule has 4 aromatic rings. The van der Waals surface area contributed by atoms with Gasteiger partial charge in [0.2, 0.25) is 5.91 Å². The van der Waals surface area contributed by atoms with Crippen LogP contribution in [0.2, 0.25) is 0 Å². The molecule has 0 unspecified atom stereocenters. The summed E-state index contributed by atoms with van der Waals surface area (Å²) in [5, 5.41) is 5.81. The number of hydrogen-bond donors (Lipinski definition) is 2. The summed E-state index contributed by atoms with van der Waals surface area (Å²) in [6.45, 7) is 2.34. The topological polar surface area (TPSA) is 101 Å². The van der Waals surface area contributed by atoms with E-state index in [-0.39, 0.29) is 24.9 Å². The summed E-state index contributed by atoms with van der Waals surface area (Å²) < 4.78 is 5.78. The number of hydrogen-bond acceptors (Lipinski definition) is 5. The molecule has 8 nitrogen and oxygen atoms in total. The Morgan fingerprint density at radius 2 is 1.72 bits per heavy atom. The summed E-state index contributed by atoms with van der Waals surface area (Å²) in [4.78, 5) is 45.1. The van der Waals surface area contributed by atoms with Crippen LogP contribution in [0.5, 0.6) is 0 Å². The van der Waals surface area contributed by atoms with E-state index < -0.39 is 18.2 Å². The molecule has 3 amide bonds. The summed E-state index contributed by atoms with van der Waals surface area (Å²) in [6, 6.07) is 28.3. The van der Waals surface area contributed by atoms with Crippen molar-refractivity contribution in [3.8, 4) is 0 Å². The van der Waals surface area contributed by atoms with Crippen molar-refractivity contribution in [1.82, 2.24) is 15.2 Å². The van der Waals surface area contributed by atoms with Crippen LogP contribution in [0.25, 0.3) is 0 Å². The summed E-state index contributed by atoms with van der Waals surface area (Å²) >= 11 is 0. The fourth-order valence-electron chi connectivity index (χ4n) is 4.56. The van der Waals surface area contributed by atoms with Gasteiger partial charge < -0.3 is 15.4 Å². The highest BCUT2D eigenvalue weighted by Gasteiger charge is 2.47. The van der Waals surface area contributed by atoms with Crippen LogP contribution in [-0.4, -0.2) is 33.8 Å². The molecule has 1 fully saturated rings. The maximum absolute atomic E-state index is 13.5. The van der Waals surface area contributed by atoms with Gasteiger partial charge in [-0.15, -0.1) is 0 Å². The third kappa shape index (κ3) is 6.13. The fraction of sp³-hybridized carbons (Fsp3) is 0.161. The van der Waals surface area contributed by atoms with Gasteiger partial charge in [-0.05, 0) is 54.4 Å². The van der Waals surface area contributed by atoms with Gasteiger partial charge in [-0.2, -0.15) is 0 Å². The standard InChI is InChI=1S/C31H28N4O4/c1-21-9-7-13-24(17-21)29(36)34-25-15-8-12-23(18-25)28-27(30(37)33-19-26-14-5-6-16-32-26)35(31(38)39-28)20-22-10-3-2-4-11-22/h2-18,27-28H,19-20H2,1H3,(H,33,37)(H,34,36)/t27-,28+/m0/s1. The fourth-order valence-corrected chi connectivity index (χ4v) is 4.56. The summed E-state index contributed by atoms with van der Waals surface area (Å²) in [7, 11) is 0. The summed E-state index contributed by atoms with van der Waals surface area (Å²) in [5.41, 5.74) is 4.21. The van der Waals surface area contributed by atoms with E-state index in [0.29, 0.717) is 22.5 Å². The van der Waals surface area contributed by atoms with Crippen LogP contribution in [0.1, 0.15) is 38.8 Å². The Balaban J connectivity index is 1.40. The molecule has 5 rings (SSSR count). The van der Waals surface area contributed by atoms with Crippen LogP contribution in [0, 0.1) is 6.92 Å². The SMILES string of the molecule is Cc1cccc(C(=O)Nc2cccc([C@H]3OC(=O)N(Cc4ccccc4)[C@@H]3C(=O)NCc3ccccn3)c2)c1. The molecule has 2 atom stereocenters. The predicted molar refractivity (Wildman–Crippen MR) is 147 cm³/mol. The third-order valence-corrected chi connectivity index (χ3v) is 6.47. The number of cyclic esters (lactones) is 1. The van der Waals surface area contributed by atoms with Gasteiger partial charge in [-0.1, -0.05) is 66.2 Å². The van der Waals surface area contributed by atoms with E-state index >= 15 is 0 Å². The number of benzene rings is 3. The number of carbonyl (C=O) groups excluding carboxylic acids is 3. The second kappa shape index (κ2) is 11.6. The average Bonchev–Trinajstić information content (AvgIpc) is 3.28. The number of carbonyl (C=O) groups is 3. The number of aryl methyl sites for hydroxylation is 1. The van der Waals surface area contributed by atoms with Gasteiger partial charge >= 0.3 is 6.09 Å². The van der Waals surface area contributed by atoms with Crippen LogP contribution in [0.3, 0.4) is 0 Å². The Morgan fingerprint density at radius 3 is 2.49 bits per heavy atom. The number of nitrogens with zero attached hydrogens (tertiary/aromatic N) is 2. The molecule has 1 aliphatic heterocycles. The van der Waals surface area contributed by atoms with Crippen LogP contribution in [-0.2, 0) is 22.6 Å². The van der Waals surface area contributed by atoms with Crippen molar-refractivity contribution in [3.05, 3.63) is 131 Å². The molecule has 3 aromatic carbocycles. The van der Waals surface area contributed by atoms with Crippen molar-refractivity contribution in [3.63, 3.8) is 0 Å². The Morgan fingerprint density at radius 1 is 0.923 bits per heavy atom. The van der Waals surface area contributed by atoms with Gasteiger partial charge in [-0.3, -0.25) is 19.5 Å². The molecular formula is C31H28N4O4. The minimum Gasteiger partial charge on any atom is -0.438 e. The third-order valence-electron chi connectivity index (χ3n) is 6.47. The lowest BCUT2D eigenvalue weighted by Gasteiger charge is -2.24. The van der Waals surface area contributed by atoms with Crippen molar-refractivity contribution >= 4 is 23.6 Å². The van der Waals surface area contributed by atoms with Gasteiger partial charge in [0.05, 0.1) is 18.8 Å². The van der Waals surface area contributed by atoms with Gasteiger partial charge in [-0.25, -0.2) is 4.79 Å². The maximum Gasteiger partial charge on any atom is 0.411 e. The number of amides is 3. The lowest BCUT2D eigenvalue weighted by atomic mass is 10.00. The first-order valence-corrected chi connectivity index (χ1v) is 12.6. The highest BCUT2D eigenvalue weighted by molar-refractivity contribution is 6.04. The van der Waals surface area contributed by atoms with E-state index in [1.807, 2.05) is 61.5 Å². The number of anilines is 1. The maximum atomic E-state index is 13.5. The van der Waals surface area contributed by atoms with Gasteiger partial charge in [0.25, 0.3) is 5.91 Å². The lowest BCUT2D eigenvalue weighted by Crippen LogP contribution is -2.46.